The minimum Gasteiger partial charge on any atom is -0.348 e. The summed E-state index contributed by atoms with van der Waals surface area (Å²) >= 11 is 0. The van der Waals surface area contributed by atoms with Crippen molar-refractivity contribution in [3.8, 4) is 0 Å². The van der Waals surface area contributed by atoms with E-state index in [4.69, 9.17) is 0 Å². The predicted octanol–water partition coefficient (Wildman–Crippen LogP) is 1.28. The van der Waals surface area contributed by atoms with Crippen LogP contribution in [-0.2, 0) is 9.59 Å². The van der Waals surface area contributed by atoms with Gasteiger partial charge in [-0.1, -0.05) is 12.8 Å². The number of hydrogen-bond donors (Lipinski definition) is 2. The van der Waals surface area contributed by atoms with Gasteiger partial charge in [0, 0.05) is 18.6 Å². The molecule has 0 atom stereocenters. The Morgan fingerprint density at radius 1 is 1.05 bits per heavy atom. The Labute approximate surface area is 127 Å². The fourth-order valence-electron chi connectivity index (χ4n) is 3.31. The first-order chi connectivity index (χ1) is 10.1. The van der Waals surface area contributed by atoms with Crippen LogP contribution in [-0.4, -0.2) is 48.4 Å². The third-order valence-electron chi connectivity index (χ3n) is 4.83. The van der Waals surface area contributed by atoms with Crippen LogP contribution in [0.25, 0.3) is 0 Å². The Bertz CT molecular complexity index is 357. The Morgan fingerprint density at radius 2 is 1.67 bits per heavy atom. The van der Waals surface area contributed by atoms with Gasteiger partial charge in [0.1, 0.15) is 0 Å². The van der Waals surface area contributed by atoms with Crippen molar-refractivity contribution < 1.29 is 9.59 Å². The summed E-state index contributed by atoms with van der Waals surface area (Å²) in [5.41, 5.74) is 0. The summed E-state index contributed by atoms with van der Waals surface area (Å²) in [6, 6.07) is 0.801. The lowest BCUT2D eigenvalue weighted by molar-refractivity contribution is -0.139. The maximum absolute atomic E-state index is 11.8. The molecule has 2 amide bonds. The molecule has 5 nitrogen and oxygen atoms in total. The van der Waals surface area contributed by atoms with E-state index in [0.29, 0.717) is 18.5 Å². The van der Waals surface area contributed by atoms with E-state index in [2.05, 4.69) is 29.4 Å². The number of carbonyl (C=O) groups is 2. The van der Waals surface area contributed by atoms with E-state index in [0.717, 1.165) is 51.6 Å². The number of hydrogen-bond acceptors (Lipinski definition) is 3. The van der Waals surface area contributed by atoms with Crippen molar-refractivity contribution in [2.24, 2.45) is 5.92 Å². The molecule has 1 saturated carbocycles. The number of amides is 2. The number of rotatable bonds is 4. The van der Waals surface area contributed by atoms with Gasteiger partial charge in [-0.3, -0.25) is 9.59 Å². The molecule has 2 rings (SSSR count). The first kappa shape index (κ1) is 16.3. The number of nitrogens with zero attached hydrogens (tertiary/aromatic N) is 1. The summed E-state index contributed by atoms with van der Waals surface area (Å²) in [6.45, 7) is 7.24. The van der Waals surface area contributed by atoms with Gasteiger partial charge in [0.2, 0.25) is 0 Å². The van der Waals surface area contributed by atoms with Crippen LogP contribution in [0.4, 0.5) is 0 Å². The fourth-order valence-corrected chi connectivity index (χ4v) is 3.31. The summed E-state index contributed by atoms with van der Waals surface area (Å²) in [5.74, 6) is -0.419. The molecule has 0 bridgehead atoms. The fraction of sp³-hybridized carbons (Fsp3) is 0.875. The summed E-state index contributed by atoms with van der Waals surface area (Å²) in [7, 11) is 0. The Balaban J connectivity index is 1.63. The van der Waals surface area contributed by atoms with Crippen LogP contribution in [0.5, 0.6) is 0 Å². The van der Waals surface area contributed by atoms with Gasteiger partial charge in [0.15, 0.2) is 0 Å². The van der Waals surface area contributed by atoms with Crippen molar-refractivity contribution >= 4 is 11.8 Å². The van der Waals surface area contributed by atoms with Crippen LogP contribution >= 0.6 is 0 Å². The monoisotopic (exact) mass is 295 g/mol. The molecule has 1 heterocycles. The molecule has 2 N–H and O–H groups in total. The summed E-state index contributed by atoms with van der Waals surface area (Å²) < 4.78 is 0. The molecule has 0 spiro atoms. The highest BCUT2D eigenvalue weighted by Crippen LogP contribution is 2.18. The highest BCUT2D eigenvalue weighted by atomic mass is 16.2. The van der Waals surface area contributed by atoms with Crippen molar-refractivity contribution in [1.29, 1.82) is 0 Å². The van der Waals surface area contributed by atoms with Crippen LogP contribution in [0.2, 0.25) is 0 Å². The topological polar surface area (TPSA) is 61.4 Å². The third kappa shape index (κ3) is 4.99. The first-order valence-corrected chi connectivity index (χ1v) is 8.39. The molecule has 1 saturated heterocycles. The molecular weight excluding hydrogens is 266 g/mol. The van der Waals surface area contributed by atoms with Gasteiger partial charge in [-0.05, 0) is 58.5 Å². The lowest BCUT2D eigenvalue weighted by Crippen LogP contribution is -2.46. The zero-order chi connectivity index (χ0) is 15.2. The van der Waals surface area contributed by atoms with Crippen molar-refractivity contribution in [3.05, 3.63) is 0 Å². The second-order valence-corrected chi connectivity index (χ2v) is 6.74. The highest BCUT2D eigenvalue weighted by Gasteiger charge is 2.24. The Hall–Kier alpha value is -1.10. The average Bonchev–Trinajstić information content (AvgIpc) is 2.98. The van der Waals surface area contributed by atoms with Crippen LogP contribution < -0.4 is 10.6 Å². The lowest BCUT2D eigenvalue weighted by Gasteiger charge is -2.34. The van der Waals surface area contributed by atoms with Gasteiger partial charge in [0.25, 0.3) is 0 Å². The number of carbonyl (C=O) groups excluding carboxylic acids is 2. The van der Waals surface area contributed by atoms with Crippen molar-refractivity contribution in [1.82, 2.24) is 15.5 Å². The van der Waals surface area contributed by atoms with Crippen LogP contribution in [0.1, 0.15) is 52.4 Å². The molecule has 120 valence electrons. The van der Waals surface area contributed by atoms with Gasteiger partial charge < -0.3 is 15.5 Å². The molecule has 1 aliphatic carbocycles. The molecular formula is C16H29N3O2. The van der Waals surface area contributed by atoms with E-state index < -0.39 is 11.8 Å². The van der Waals surface area contributed by atoms with E-state index in [9.17, 15) is 9.59 Å². The summed E-state index contributed by atoms with van der Waals surface area (Å²) in [6.07, 6.45) is 6.52. The van der Waals surface area contributed by atoms with Crippen LogP contribution in [0.15, 0.2) is 0 Å². The number of nitrogens with one attached hydrogen (secondary N) is 2. The largest absolute Gasteiger partial charge is 0.348 e. The van der Waals surface area contributed by atoms with Gasteiger partial charge >= 0.3 is 11.8 Å². The van der Waals surface area contributed by atoms with E-state index in [1.54, 1.807) is 0 Å². The molecule has 0 radical (unpaired) electrons. The standard InChI is InChI=1S/C16H29N3O2/c1-12(2)19-9-7-13(8-10-19)11-17-15(20)16(21)18-14-5-3-4-6-14/h12-14H,3-11H2,1-2H3,(H,17,20)(H,18,21). The van der Waals surface area contributed by atoms with Gasteiger partial charge in [-0.25, -0.2) is 0 Å². The van der Waals surface area contributed by atoms with Crippen molar-refractivity contribution in [2.45, 2.75) is 64.5 Å². The zero-order valence-corrected chi connectivity index (χ0v) is 13.4. The normalized spacial score (nSPS) is 21.7. The Kier molecular flexibility index (Phi) is 6.03. The smallest absolute Gasteiger partial charge is 0.309 e. The summed E-state index contributed by atoms with van der Waals surface area (Å²) in [4.78, 5) is 26.1. The molecule has 21 heavy (non-hydrogen) atoms. The molecule has 0 aromatic rings. The highest BCUT2D eigenvalue weighted by molar-refractivity contribution is 6.35. The van der Waals surface area contributed by atoms with E-state index in [1.165, 1.54) is 0 Å². The van der Waals surface area contributed by atoms with E-state index in [1.807, 2.05) is 0 Å². The quantitative estimate of drug-likeness (QED) is 0.768. The Morgan fingerprint density at radius 3 is 2.24 bits per heavy atom. The van der Waals surface area contributed by atoms with Gasteiger partial charge in [-0.15, -0.1) is 0 Å². The van der Waals surface area contributed by atoms with Gasteiger partial charge in [-0.2, -0.15) is 0 Å². The van der Waals surface area contributed by atoms with Crippen molar-refractivity contribution in [3.63, 3.8) is 0 Å². The minimum absolute atomic E-state index is 0.206. The van der Waals surface area contributed by atoms with Gasteiger partial charge in [0.05, 0.1) is 0 Å². The second-order valence-electron chi connectivity index (χ2n) is 6.74. The maximum atomic E-state index is 11.8. The molecule has 0 unspecified atom stereocenters. The maximum Gasteiger partial charge on any atom is 0.309 e. The lowest BCUT2D eigenvalue weighted by atomic mass is 9.96. The average molecular weight is 295 g/mol. The SMILES string of the molecule is CC(C)N1CCC(CNC(=O)C(=O)NC2CCCC2)CC1. The second kappa shape index (κ2) is 7.78. The van der Waals surface area contributed by atoms with Crippen LogP contribution in [0, 0.1) is 5.92 Å². The molecule has 2 fully saturated rings. The van der Waals surface area contributed by atoms with Crippen molar-refractivity contribution in [2.75, 3.05) is 19.6 Å². The molecule has 5 heteroatoms. The molecule has 1 aliphatic heterocycles. The molecule has 2 aliphatic rings. The number of likely N-dealkylation sites (tertiary alicyclic amines) is 1. The minimum atomic E-state index is -0.465. The van der Waals surface area contributed by atoms with E-state index in [-0.39, 0.29) is 6.04 Å². The van der Waals surface area contributed by atoms with E-state index >= 15 is 0 Å². The molecule has 0 aromatic heterocycles. The third-order valence-corrected chi connectivity index (χ3v) is 4.83. The van der Waals surface area contributed by atoms with Crippen LogP contribution in [0.3, 0.4) is 0 Å². The number of piperidine rings is 1. The summed E-state index contributed by atoms with van der Waals surface area (Å²) in [5, 5.41) is 5.63. The predicted molar refractivity (Wildman–Crippen MR) is 82.8 cm³/mol. The molecule has 0 aromatic carbocycles. The first-order valence-electron chi connectivity index (χ1n) is 8.39. The zero-order valence-electron chi connectivity index (χ0n) is 13.4.